The third-order valence-corrected chi connectivity index (χ3v) is 5.43. The van der Waals surface area contributed by atoms with Crippen molar-refractivity contribution in [1.82, 2.24) is 4.90 Å². The van der Waals surface area contributed by atoms with Gasteiger partial charge in [-0.25, -0.2) is 0 Å². The Morgan fingerprint density at radius 1 is 1.26 bits per heavy atom. The molecule has 23 heavy (non-hydrogen) atoms. The van der Waals surface area contributed by atoms with Gasteiger partial charge in [-0.3, -0.25) is 4.79 Å². The molecule has 0 aliphatic carbocycles. The second-order valence-corrected chi connectivity index (χ2v) is 7.34. The first kappa shape index (κ1) is 18.3. The highest BCUT2D eigenvalue weighted by molar-refractivity contribution is 7.98. The van der Waals surface area contributed by atoms with Gasteiger partial charge < -0.3 is 9.64 Å². The lowest BCUT2D eigenvalue weighted by Gasteiger charge is -2.40. The van der Waals surface area contributed by atoms with Gasteiger partial charge in [-0.2, -0.15) is 11.8 Å². The lowest BCUT2D eigenvalue weighted by atomic mass is 9.73. The number of nitrogens with zero attached hydrogens (tertiary/aromatic N) is 1. The average molecular weight is 336 g/mol. The summed E-state index contributed by atoms with van der Waals surface area (Å²) >= 11 is 1.90. The molecule has 1 saturated heterocycles. The van der Waals surface area contributed by atoms with Crippen molar-refractivity contribution in [1.29, 1.82) is 0 Å². The maximum absolute atomic E-state index is 12.6. The van der Waals surface area contributed by atoms with Gasteiger partial charge in [0.1, 0.15) is 0 Å². The Balaban J connectivity index is 2.01. The minimum absolute atomic E-state index is 0.00684. The van der Waals surface area contributed by atoms with Crippen molar-refractivity contribution in [3.8, 4) is 0 Å². The van der Waals surface area contributed by atoms with Crippen LogP contribution in [-0.4, -0.2) is 49.1 Å². The van der Waals surface area contributed by atoms with Crippen LogP contribution < -0.4 is 0 Å². The lowest BCUT2D eigenvalue weighted by Crippen LogP contribution is -2.46. The van der Waals surface area contributed by atoms with Crippen molar-refractivity contribution in [2.24, 2.45) is 5.41 Å². The topological polar surface area (TPSA) is 29.5 Å². The van der Waals surface area contributed by atoms with E-state index < -0.39 is 0 Å². The maximum atomic E-state index is 12.6. The molecule has 1 fully saturated rings. The van der Waals surface area contributed by atoms with Gasteiger partial charge in [-0.05, 0) is 69.8 Å². The van der Waals surface area contributed by atoms with E-state index in [1.165, 1.54) is 17.7 Å². The van der Waals surface area contributed by atoms with Crippen molar-refractivity contribution in [2.45, 2.75) is 32.6 Å². The summed E-state index contributed by atoms with van der Waals surface area (Å²) in [6.07, 6.45) is 5.99. The van der Waals surface area contributed by atoms with E-state index >= 15 is 0 Å². The molecule has 0 radical (unpaired) electrons. The summed E-state index contributed by atoms with van der Waals surface area (Å²) in [5, 5.41) is 0. The summed E-state index contributed by atoms with van der Waals surface area (Å²) in [5.41, 5.74) is 0.893. The van der Waals surface area contributed by atoms with Crippen LogP contribution >= 0.6 is 11.8 Å². The number of carbonyl (C=O) groups is 1. The van der Waals surface area contributed by atoms with Crippen LogP contribution in [0.15, 0.2) is 30.3 Å². The predicted octanol–water partition coefficient (Wildman–Crippen LogP) is 3.63. The van der Waals surface area contributed by atoms with Crippen LogP contribution in [0.5, 0.6) is 0 Å². The molecule has 0 aromatic heterocycles. The second-order valence-electron chi connectivity index (χ2n) is 6.35. The summed E-state index contributed by atoms with van der Waals surface area (Å²) in [6.45, 7) is 5.50. The molecule has 0 atom stereocenters. The first-order valence-corrected chi connectivity index (χ1v) is 10.0. The van der Waals surface area contributed by atoms with Gasteiger partial charge in [0.05, 0.1) is 12.0 Å². The molecule has 0 spiro atoms. The minimum atomic E-state index is -0.340. The van der Waals surface area contributed by atoms with Gasteiger partial charge >= 0.3 is 5.97 Å². The molecule has 0 bridgehead atoms. The Hall–Kier alpha value is -1.00. The average Bonchev–Trinajstić information content (AvgIpc) is 2.58. The molecule has 1 aromatic carbocycles. The van der Waals surface area contributed by atoms with E-state index in [1.54, 1.807) is 0 Å². The number of piperidine rings is 1. The van der Waals surface area contributed by atoms with E-state index in [2.05, 4.69) is 23.3 Å². The van der Waals surface area contributed by atoms with Crippen LogP contribution in [0, 0.1) is 5.41 Å². The van der Waals surface area contributed by atoms with Crippen molar-refractivity contribution >= 4 is 17.7 Å². The molecule has 1 aliphatic heterocycles. The van der Waals surface area contributed by atoms with Crippen molar-refractivity contribution in [3.63, 3.8) is 0 Å². The van der Waals surface area contributed by atoms with Gasteiger partial charge in [0.25, 0.3) is 0 Å². The van der Waals surface area contributed by atoms with Crippen LogP contribution in [-0.2, 0) is 16.0 Å². The number of rotatable bonds is 8. The number of hydrogen-bond donors (Lipinski definition) is 0. The molecular weight excluding hydrogens is 306 g/mol. The van der Waals surface area contributed by atoms with Gasteiger partial charge in [0, 0.05) is 0 Å². The van der Waals surface area contributed by atoms with E-state index in [9.17, 15) is 4.79 Å². The highest BCUT2D eigenvalue weighted by atomic mass is 32.2. The summed E-state index contributed by atoms with van der Waals surface area (Å²) in [5.74, 6) is 1.21. The molecule has 1 aromatic rings. The lowest BCUT2D eigenvalue weighted by molar-refractivity contribution is -0.158. The Kier molecular flexibility index (Phi) is 7.44. The number of hydrogen-bond acceptors (Lipinski definition) is 4. The fourth-order valence-corrected chi connectivity index (χ4v) is 3.78. The molecule has 0 saturated carbocycles. The largest absolute Gasteiger partial charge is 0.466 e. The van der Waals surface area contributed by atoms with Crippen molar-refractivity contribution in [3.05, 3.63) is 35.9 Å². The number of thioether (sulfide) groups is 1. The van der Waals surface area contributed by atoms with Gasteiger partial charge in [0.2, 0.25) is 0 Å². The van der Waals surface area contributed by atoms with Crippen LogP contribution in [0.1, 0.15) is 31.7 Å². The first-order valence-electron chi connectivity index (χ1n) is 8.62. The van der Waals surface area contributed by atoms with E-state index in [0.717, 1.165) is 38.9 Å². The Morgan fingerprint density at radius 3 is 2.57 bits per heavy atom. The SMILES string of the molecule is CCOC(=O)C1(Cc2ccccc2)CCN(CCCSC)CC1. The molecular formula is C19H29NO2S. The van der Waals surface area contributed by atoms with E-state index in [4.69, 9.17) is 4.74 Å². The number of likely N-dealkylation sites (tertiary alicyclic amines) is 1. The third-order valence-electron chi connectivity index (χ3n) is 4.73. The summed E-state index contributed by atoms with van der Waals surface area (Å²) in [4.78, 5) is 15.1. The van der Waals surface area contributed by atoms with E-state index in [1.807, 2.05) is 36.9 Å². The molecule has 0 unspecified atom stereocenters. The Bertz CT molecular complexity index is 470. The molecule has 0 amide bonds. The maximum Gasteiger partial charge on any atom is 0.312 e. The van der Waals surface area contributed by atoms with Crippen molar-refractivity contribution in [2.75, 3.05) is 38.2 Å². The van der Waals surface area contributed by atoms with E-state index in [-0.39, 0.29) is 11.4 Å². The molecule has 1 heterocycles. The molecule has 4 heteroatoms. The minimum Gasteiger partial charge on any atom is -0.466 e. The fraction of sp³-hybridized carbons (Fsp3) is 0.632. The molecule has 128 valence electrons. The van der Waals surface area contributed by atoms with Crippen LogP contribution in [0.4, 0.5) is 0 Å². The smallest absolute Gasteiger partial charge is 0.312 e. The van der Waals surface area contributed by atoms with Crippen molar-refractivity contribution < 1.29 is 9.53 Å². The normalized spacial score (nSPS) is 17.8. The highest BCUT2D eigenvalue weighted by Crippen LogP contribution is 2.36. The highest BCUT2D eigenvalue weighted by Gasteiger charge is 2.42. The number of carbonyl (C=O) groups excluding carboxylic acids is 1. The number of esters is 1. The standard InChI is InChI=1S/C19H29NO2S/c1-3-22-18(21)19(16-17-8-5-4-6-9-17)10-13-20(14-11-19)12-7-15-23-2/h4-6,8-9H,3,7,10-16H2,1-2H3. The quantitative estimate of drug-likeness (QED) is 0.536. The summed E-state index contributed by atoms with van der Waals surface area (Å²) < 4.78 is 5.43. The Morgan fingerprint density at radius 2 is 1.96 bits per heavy atom. The zero-order valence-corrected chi connectivity index (χ0v) is 15.2. The second kappa shape index (κ2) is 9.33. The van der Waals surface area contributed by atoms with Gasteiger partial charge in [-0.15, -0.1) is 0 Å². The van der Waals surface area contributed by atoms with Gasteiger partial charge in [-0.1, -0.05) is 30.3 Å². The van der Waals surface area contributed by atoms with E-state index in [0.29, 0.717) is 6.61 Å². The molecule has 2 rings (SSSR count). The Labute approximate surface area is 144 Å². The van der Waals surface area contributed by atoms with Gasteiger partial charge in [0.15, 0.2) is 0 Å². The number of ether oxygens (including phenoxy) is 1. The van der Waals surface area contributed by atoms with Crippen LogP contribution in [0.25, 0.3) is 0 Å². The zero-order valence-electron chi connectivity index (χ0n) is 14.4. The molecule has 0 N–H and O–H groups in total. The third kappa shape index (κ3) is 5.25. The molecule has 1 aliphatic rings. The van der Waals surface area contributed by atoms with Crippen LogP contribution in [0.3, 0.4) is 0 Å². The monoisotopic (exact) mass is 335 g/mol. The fourth-order valence-electron chi connectivity index (χ4n) is 3.36. The predicted molar refractivity (Wildman–Crippen MR) is 97.9 cm³/mol. The summed E-state index contributed by atoms with van der Waals surface area (Å²) in [6, 6.07) is 10.4. The van der Waals surface area contributed by atoms with Crippen LogP contribution in [0.2, 0.25) is 0 Å². The zero-order chi connectivity index (χ0) is 16.5. The number of benzene rings is 1. The molecule has 3 nitrogen and oxygen atoms in total. The summed E-state index contributed by atoms with van der Waals surface area (Å²) in [7, 11) is 0. The first-order chi connectivity index (χ1) is 11.2.